The quantitative estimate of drug-likeness (QED) is 0.761. The summed E-state index contributed by atoms with van der Waals surface area (Å²) in [6.07, 6.45) is 3.99. The van der Waals surface area contributed by atoms with Crippen LogP contribution in [0.3, 0.4) is 0 Å². The first kappa shape index (κ1) is 16.7. The van der Waals surface area contributed by atoms with Crippen molar-refractivity contribution in [2.75, 3.05) is 11.9 Å². The van der Waals surface area contributed by atoms with Crippen LogP contribution in [0.15, 0.2) is 29.4 Å². The molecular formula is C21H27N3. The summed E-state index contributed by atoms with van der Waals surface area (Å²) in [6.45, 7) is 13.2. The molecule has 0 radical (unpaired) electrons. The standard InChI is InChI=1S/C21H27N3/c1-13(2)17-8-9-22-20-19(17)23-12-21(6,24(20)7)18-11-14(3)10-15(4)16(18)5/h8-13H,1-7H3. The van der Waals surface area contributed by atoms with Gasteiger partial charge in [0.05, 0.1) is 5.54 Å². The van der Waals surface area contributed by atoms with Crippen LogP contribution in [-0.4, -0.2) is 18.2 Å². The summed E-state index contributed by atoms with van der Waals surface area (Å²) >= 11 is 0. The van der Waals surface area contributed by atoms with Crippen LogP contribution in [0.5, 0.6) is 0 Å². The fourth-order valence-corrected chi connectivity index (χ4v) is 3.61. The van der Waals surface area contributed by atoms with Gasteiger partial charge in [0.2, 0.25) is 0 Å². The molecule has 0 saturated carbocycles. The summed E-state index contributed by atoms with van der Waals surface area (Å²) in [5.41, 5.74) is 7.19. The van der Waals surface area contributed by atoms with E-state index in [2.05, 4.69) is 82.9 Å². The van der Waals surface area contributed by atoms with Crippen molar-refractivity contribution in [1.29, 1.82) is 0 Å². The van der Waals surface area contributed by atoms with Crippen molar-refractivity contribution in [3.63, 3.8) is 0 Å². The maximum atomic E-state index is 4.87. The minimum Gasteiger partial charge on any atom is -0.343 e. The second-order valence-electron chi connectivity index (χ2n) is 7.45. The average Bonchev–Trinajstić information content (AvgIpc) is 2.54. The van der Waals surface area contributed by atoms with Crippen LogP contribution in [0.2, 0.25) is 0 Å². The summed E-state index contributed by atoms with van der Waals surface area (Å²) in [6, 6.07) is 6.60. The molecule has 0 bridgehead atoms. The summed E-state index contributed by atoms with van der Waals surface area (Å²) in [7, 11) is 2.12. The van der Waals surface area contributed by atoms with E-state index in [9.17, 15) is 0 Å². The zero-order valence-electron chi connectivity index (χ0n) is 15.8. The number of nitrogens with zero attached hydrogens (tertiary/aromatic N) is 3. The third-order valence-electron chi connectivity index (χ3n) is 5.37. The number of aryl methyl sites for hydroxylation is 2. The molecular weight excluding hydrogens is 294 g/mol. The second-order valence-corrected chi connectivity index (χ2v) is 7.45. The van der Waals surface area contributed by atoms with E-state index < -0.39 is 0 Å². The summed E-state index contributed by atoms with van der Waals surface area (Å²) < 4.78 is 0. The minimum atomic E-state index is -0.295. The molecule has 2 aromatic rings. The molecule has 0 N–H and O–H groups in total. The topological polar surface area (TPSA) is 28.5 Å². The maximum Gasteiger partial charge on any atom is 0.155 e. The molecule has 0 saturated heterocycles. The molecule has 0 aliphatic carbocycles. The van der Waals surface area contributed by atoms with E-state index >= 15 is 0 Å². The Hall–Kier alpha value is -2.16. The van der Waals surface area contributed by atoms with Crippen LogP contribution < -0.4 is 4.90 Å². The molecule has 3 heteroatoms. The third-order valence-corrected chi connectivity index (χ3v) is 5.37. The monoisotopic (exact) mass is 321 g/mol. The van der Waals surface area contributed by atoms with Crippen molar-refractivity contribution in [3.05, 3.63) is 52.2 Å². The molecule has 1 aliphatic heterocycles. The summed E-state index contributed by atoms with van der Waals surface area (Å²) in [5.74, 6) is 1.39. The van der Waals surface area contributed by atoms with Gasteiger partial charge in [-0.05, 0) is 61.9 Å². The number of pyridine rings is 1. The van der Waals surface area contributed by atoms with Crippen LogP contribution >= 0.6 is 0 Å². The van der Waals surface area contributed by atoms with Gasteiger partial charge in [0, 0.05) is 19.5 Å². The predicted octanol–water partition coefficient (Wildman–Crippen LogP) is 5.20. The van der Waals surface area contributed by atoms with Crippen molar-refractivity contribution in [2.24, 2.45) is 4.99 Å². The highest BCUT2D eigenvalue weighted by Gasteiger charge is 2.37. The highest BCUT2D eigenvalue weighted by molar-refractivity contribution is 5.88. The smallest absolute Gasteiger partial charge is 0.155 e. The highest BCUT2D eigenvalue weighted by Crippen LogP contribution is 2.43. The highest BCUT2D eigenvalue weighted by atomic mass is 15.3. The molecule has 3 rings (SSSR count). The van der Waals surface area contributed by atoms with Gasteiger partial charge in [-0.15, -0.1) is 0 Å². The Balaban J connectivity index is 2.19. The Morgan fingerprint density at radius 1 is 1.12 bits per heavy atom. The van der Waals surface area contributed by atoms with E-state index in [-0.39, 0.29) is 5.54 Å². The number of aliphatic imine (C=N–C) groups is 1. The second kappa shape index (κ2) is 5.73. The van der Waals surface area contributed by atoms with Gasteiger partial charge < -0.3 is 4.90 Å². The molecule has 2 heterocycles. The number of hydrogen-bond acceptors (Lipinski definition) is 3. The van der Waals surface area contributed by atoms with Gasteiger partial charge in [0.25, 0.3) is 0 Å². The fourth-order valence-electron chi connectivity index (χ4n) is 3.61. The number of rotatable bonds is 2. The average molecular weight is 321 g/mol. The van der Waals surface area contributed by atoms with Crippen LogP contribution in [0.1, 0.15) is 54.5 Å². The molecule has 1 aromatic heterocycles. The molecule has 126 valence electrons. The molecule has 1 aromatic carbocycles. The van der Waals surface area contributed by atoms with E-state index in [1.54, 1.807) is 0 Å². The number of aromatic nitrogens is 1. The SMILES string of the molecule is Cc1cc(C)c(C)c(C2(C)C=Nc3c(C(C)C)ccnc3N2C)c1. The van der Waals surface area contributed by atoms with E-state index in [1.807, 2.05) is 6.20 Å². The first-order chi connectivity index (χ1) is 11.3. The van der Waals surface area contributed by atoms with Gasteiger partial charge in [-0.2, -0.15) is 0 Å². The molecule has 24 heavy (non-hydrogen) atoms. The third kappa shape index (κ3) is 2.43. The summed E-state index contributed by atoms with van der Waals surface area (Å²) in [4.78, 5) is 11.8. The van der Waals surface area contributed by atoms with Crippen molar-refractivity contribution >= 4 is 17.7 Å². The van der Waals surface area contributed by atoms with Gasteiger partial charge in [-0.1, -0.05) is 31.5 Å². The van der Waals surface area contributed by atoms with Gasteiger partial charge in [-0.25, -0.2) is 4.98 Å². The van der Waals surface area contributed by atoms with E-state index in [0.29, 0.717) is 5.92 Å². The van der Waals surface area contributed by atoms with E-state index in [0.717, 1.165) is 11.5 Å². The van der Waals surface area contributed by atoms with Crippen molar-refractivity contribution in [1.82, 2.24) is 4.98 Å². The summed E-state index contributed by atoms with van der Waals surface area (Å²) in [5, 5.41) is 0. The Labute approximate surface area is 145 Å². The van der Waals surface area contributed by atoms with Crippen LogP contribution in [0.4, 0.5) is 11.5 Å². The first-order valence-corrected chi connectivity index (χ1v) is 8.62. The lowest BCUT2D eigenvalue weighted by Crippen LogP contribution is -2.45. The Morgan fingerprint density at radius 3 is 2.50 bits per heavy atom. The molecule has 0 spiro atoms. The molecule has 1 aliphatic rings. The van der Waals surface area contributed by atoms with Gasteiger partial charge >= 0.3 is 0 Å². The number of benzene rings is 1. The largest absolute Gasteiger partial charge is 0.343 e. The number of hydrogen-bond donors (Lipinski definition) is 0. The normalized spacial score (nSPS) is 19.8. The molecule has 3 nitrogen and oxygen atoms in total. The van der Waals surface area contributed by atoms with Crippen molar-refractivity contribution in [2.45, 2.75) is 53.0 Å². The Kier molecular flexibility index (Phi) is 3.98. The van der Waals surface area contributed by atoms with Crippen molar-refractivity contribution in [3.8, 4) is 0 Å². The molecule has 1 unspecified atom stereocenters. The maximum absolute atomic E-state index is 4.87. The van der Waals surface area contributed by atoms with Crippen LogP contribution in [0.25, 0.3) is 0 Å². The van der Waals surface area contributed by atoms with Crippen molar-refractivity contribution < 1.29 is 0 Å². The lowest BCUT2D eigenvalue weighted by molar-refractivity contribution is 0.613. The minimum absolute atomic E-state index is 0.295. The lowest BCUT2D eigenvalue weighted by Gasteiger charge is -2.41. The van der Waals surface area contributed by atoms with Gasteiger partial charge in [0.15, 0.2) is 5.82 Å². The van der Waals surface area contributed by atoms with Gasteiger partial charge in [-0.3, -0.25) is 4.99 Å². The van der Waals surface area contributed by atoms with Crippen LogP contribution in [-0.2, 0) is 5.54 Å². The van der Waals surface area contributed by atoms with Crippen LogP contribution in [0, 0.1) is 20.8 Å². The number of anilines is 1. The zero-order chi connectivity index (χ0) is 17.6. The lowest BCUT2D eigenvalue weighted by atomic mass is 9.84. The fraction of sp³-hybridized carbons (Fsp3) is 0.429. The Morgan fingerprint density at radius 2 is 1.83 bits per heavy atom. The molecule has 1 atom stereocenters. The van der Waals surface area contributed by atoms with E-state index in [4.69, 9.17) is 4.99 Å². The zero-order valence-corrected chi connectivity index (χ0v) is 15.8. The molecule has 0 amide bonds. The number of fused-ring (bicyclic) bond motifs is 1. The predicted molar refractivity (Wildman–Crippen MR) is 103 cm³/mol. The first-order valence-electron chi connectivity index (χ1n) is 8.62. The molecule has 0 fully saturated rings. The van der Waals surface area contributed by atoms with E-state index in [1.165, 1.54) is 27.8 Å². The Bertz CT molecular complexity index is 820. The van der Waals surface area contributed by atoms with Gasteiger partial charge in [0.1, 0.15) is 5.69 Å².